The third-order valence-electron chi connectivity index (χ3n) is 4.69. The number of aliphatic hydroxyl groups excluding tert-OH is 1. The number of rotatable bonds is 10. The van der Waals surface area contributed by atoms with E-state index in [2.05, 4.69) is 15.1 Å². The van der Waals surface area contributed by atoms with Gasteiger partial charge in [0.25, 0.3) is 0 Å². The van der Waals surface area contributed by atoms with Gasteiger partial charge < -0.3 is 20.1 Å². The van der Waals surface area contributed by atoms with Crippen molar-refractivity contribution in [2.45, 2.75) is 56.1 Å². The van der Waals surface area contributed by atoms with Gasteiger partial charge in [0.2, 0.25) is 5.95 Å². The van der Waals surface area contributed by atoms with E-state index < -0.39 is 42.2 Å². The molecule has 5 atom stereocenters. The van der Waals surface area contributed by atoms with Gasteiger partial charge in [0.05, 0.1) is 29.4 Å². The summed E-state index contributed by atoms with van der Waals surface area (Å²) in [6.45, 7) is 4.70. The first-order valence-electron chi connectivity index (χ1n) is 10.6. The maximum absolute atomic E-state index is 13.5. The van der Waals surface area contributed by atoms with Crippen molar-refractivity contribution >= 4 is 31.4 Å². The predicted molar refractivity (Wildman–Crippen MR) is 126 cm³/mol. The normalized spacial score (nSPS) is 22.8. The SMILES string of the molecule is CC(C)OC(=O)[C@H](C)N[P@](=O)(OC[C@H]1S[C@@H](n2cnc(N)nc2=O)C[C@H]1O)Oc1ccccc1. The molecule has 3 rings (SSSR count). The number of ether oxygens (including phenoxy) is 1. The third kappa shape index (κ3) is 7.03. The van der Waals surface area contributed by atoms with Gasteiger partial charge in [-0.2, -0.15) is 10.1 Å². The molecule has 1 aromatic carbocycles. The van der Waals surface area contributed by atoms with E-state index in [1.165, 1.54) is 29.6 Å². The summed E-state index contributed by atoms with van der Waals surface area (Å²) in [6, 6.07) is 7.36. The van der Waals surface area contributed by atoms with Crippen LogP contribution in [0.2, 0.25) is 0 Å². The van der Waals surface area contributed by atoms with E-state index >= 15 is 0 Å². The highest BCUT2D eigenvalue weighted by atomic mass is 32.2. The Kier molecular flexibility index (Phi) is 8.72. The van der Waals surface area contributed by atoms with E-state index in [4.69, 9.17) is 19.5 Å². The molecule has 0 spiro atoms. The molecular weight excluding hydrogens is 485 g/mol. The van der Waals surface area contributed by atoms with Gasteiger partial charge >= 0.3 is 19.4 Å². The topological polar surface area (TPSA) is 168 Å². The Morgan fingerprint density at radius 3 is 2.71 bits per heavy atom. The third-order valence-corrected chi connectivity index (χ3v) is 7.87. The summed E-state index contributed by atoms with van der Waals surface area (Å²) in [7, 11) is -4.07. The smallest absolute Gasteiger partial charge is 0.459 e. The highest BCUT2D eigenvalue weighted by Gasteiger charge is 2.39. The highest BCUT2D eigenvalue weighted by molar-refractivity contribution is 8.00. The molecule has 0 aliphatic carbocycles. The van der Waals surface area contributed by atoms with Gasteiger partial charge in [-0.25, -0.2) is 14.3 Å². The lowest BCUT2D eigenvalue weighted by Crippen LogP contribution is -2.37. The van der Waals surface area contributed by atoms with Crippen molar-refractivity contribution in [3.63, 3.8) is 0 Å². The van der Waals surface area contributed by atoms with Crippen molar-refractivity contribution in [3.8, 4) is 5.75 Å². The van der Waals surface area contributed by atoms with Crippen molar-refractivity contribution in [1.29, 1.82) is 0 Å². The van der Waals surface area contributed by atoms with Crippen LogP contribution in [0.1, 0.15) is 32.6 Å². The van der Waals surface area contributed by atoms with E-state index in [-0.39, 0.29) is 30.8 Å². The van der Waals surface area contributed by atoms with Crippen molar-refractivity contribution < 1.29 is 28.3 Å². The number of nitrogen functional groups attached to an aromatic ring is 1. The number of carbonyl (C=O) groups excluding carboxylic acids is 1. The number of esters is 1. The number of benzene rings is 1. The monoisotopic (exact) mass is 513 g/mol. The van der Waals surface area contributed by atoms with Crippen LogP contribution in [0.25, 0.3) is 0 Å². The summed E-state index contributed by atoms with van der Waals surface area (Å²) in [4.78, 5) is 31.8. The van der Waals surface area contributed by atoms with Crippen LogP contribution in [0.3, 0.4) is 0 Å². The van der Waals surface area contributed by atoms with Gasteiger partial charge in [0.1, 0.15) is 18.1 Å². The molecule has 2 aromatic rings. The van der Waals surface area contributed by atoms with Crippen LogP contribution in [0.5, 0.6) is 5.75 Å². The molecule has 2 heterocycles. The zero-order chi connectivity index (χ0) is 24.9. The van der Waals surface area contributed by atoms with E-state index in [0.29, 0.717) is 0 Å². The largest absolute Gasteiger partial charge is 0.462 e. The van der Waals surface area contributed by atoms with Gasteiger partial charge in [0, 0.05) is 6.42 Å². The van der Waals surface area contributed by atoms with Crippen LogP contribution < -0.4 is 21.0 Å². The standard InChI is InChI=1S/C20H28N5O7PS/c1-12(2)31-18(27)13(3)24-33(29,32-14-7-5-4-6-8-14)30-10-16-15(26)9-17(34-16)25-11-22-19(21)23-20(25)28/h4-8,11-13,15-17,26H,9-10H2,1-3H3,(H,24,29)(H2,21,23,28)/t13-,15+,16+,17+,33-/m0/s1. The van der Waals surface area contributed by atoms with Crippen molar-refractivity contribution in [3.05, 3.63) is 47.1 Å². The van der Waals surface area contributed by atoms with E-state index in [0.717, 1.165) is 0 Å². The first kappa shape index (κ1) is 26.2. The summed E-state index contributed by atoms with van der Waals surface area (Å²) in [5.41, 5.74) is 4.84. The number of nitrogens with one attached hydrogen (secondary N) is 1. The molecule has 4 N–H and O–H groups in total. The van der Waals surface area contributed by atoms with Crippen LogP contribution in [0.15, 0.2) is 41.5 Å². The Bertz CT molecular complexity index is 1090. The first-order valence-corrected chi connectivity index (χ1v) is 13.1. The fourth-order valence-corrected chi connectivity index (χ4v) is 6.14. The fraction of sp³-hybridized carbons (Fsp3) is 0.500. The zero-order valence-electron chi connectivity index (χ0n) is 18.9. The predicted octanol–water partition coefficient (Wildman–Crippen LogP) is 1.72. The lowest BCUT2D eigenvalue weighted by atomic mass is 10.2. The number of para-hydroxylation sites is 1. The van der Waals surface area contributed by atoms with Crippen LogP contribution in [-0.4, -0.2) is 55.7 Å². The number of nitrogens with two attached hydrogens (primary N) is 1. The second-order valence-electron chi connectivity index (χ2n) is 7.87. The van der Waals surface area contributed by atoms with Gasteiger partial charge in [-0.3, -0.25) is 13.9 Å². The molecule has 0 bridgehead atoms. The molecule has 1 aromatic heterocycles. The van der Waals surface area contributed by atoms with Crippen molar-refractivity contribution in [1.82, 2.24) is 19.6 Å². The van der Waals surface area contributed by atoms with Crippen LogP contribution in [0, 0.1) is 0 Å². The summed E-state index contributed by atoms with van der Waals surface area (Å²) >= 11 is 1.24. The van der Waals surface area contributed by atoms with Gasteiger partial charge in [-0.05, 0) is 32.9 Å². The van der Waals surface area contributed by atoms with Crippen molar-refractivity contribution in [2.24, 2.45) is 0 Å². The Morgan fingerprint density at radius 2 is 2.06 bits per heavy atom. The highest BCUT2D eigenvalue weighted by Crippen LogP contribution is 2.48. The lowest BCUT2D eigenvalue weighted by Gasteiger charge is -2.25. The maximum atomic E-state index is 13.5. The van der Waals surface area contributed by atoms with E-state index in [9.17, 15) is 19.3 Å². The van der Waals surface area contributed by atoms with Crippen LogP contribution in [-0.2, 0) is 18.6 Å². The molecule has 12 nitrogen and oxygen atoms in total. The Morgan fingerprint density at radius 1 is 1.35 bits per heavy atom. The summed E-state index contributed by atoms with van der Waals surface area (Å²) in [6.07, 6.45) is 0.272. The minimum Gasteiger partial charge on any atom is -0.462 e. The van der Waals surface area contributed by atoms with Crippen molar-refractivity contribution in [2.75, 3.05) is 12.3 Å². The molecule has 186 valence electrons. The minimum atomic E-state index is -4.07. The number of carbonyl (C=O) groups is 1. The molecule has 1 aliphatic rings. The Labute approximate surface area is 200 Å². The zero-order valence-corrected chi connectivity index (χ0v) is 20.6. The summed E-state index contributed by atoms with van der Waals surface area (Å²) in [5.74, 6) is -0.487. The first-order chi connectivity index (χ1) is 16.1. The van der Waals surface area contributed by atoms with E-state index in [1.807, 2.05) is 0 Å². The number of nitrogens with zero attached hydrogens (tertiary/aromatic N) is 3. The maximum Gasteiger partial charge on any atom is 0.459 e. The molecule has 14 heteroatoms. The second kappa shape index (κ2) is 11.3. The summed E-state index contributed by atoms with van der Waals surface area (Å²) < 4.78 is 31.2. The minimum absolute atomic E-state index is 0.139. The quantitative estimate of drug-likeness (QED) is 0.311. The average Bonchev–Trinajstić information content (AvgIpc) is 3.12. The summed E-state index contributed by atoms with van der Waals surface area (Å²) in [5, 5.41) is 12.1. The number of aliphatic hydroxyl groups is 1. The molecule has 1 fully saturated rings. The molecule has 34 heavy (non-hydrogen) atoms. The van der Waals surface area contributed by atoms with Crippen LogP contribution >= 0.6 is 19.5 Å². The van der Waals surface area contributed by atoms with Crippen LogP contribution in [0.4, 0.5) is 5.95 Å². The number of hydrogen-bond acceptors (Lipinski definition) is 11. The molecule has 0 saturated carbocycles. The van der Waals surface area contributed by atoms with Gasteiger partial charge in [-0.1, -0.05) is 18.2 Å². The number of anilines is 1. The fourth-order valence-electron chi connectivity index (χ4n) is 3.09. The van der Waals surface area contributed by atoms with Gasteiger partial charge in [-0.15, -0.1) is 11.8 Å². The van der Waals surface area contributed by atoms with Gasteiger partial charge in [0.15, 0.2) is 0 Å². The second-order valence-corrected chi connectivity index (χ2v) is 11.0. The average molecular weight is 514 g/mol. The molecule has 0 amide bonds. The Hall–Kier alpha value is -2.44. The lowest BCUT2D eigenvalue weighted by molar-refractivity contribution is -0.149. The number of aromatic nitrogens is 3. The number of thioether (sulfide) groups is 1. The molecule has 0 unspecified atom stereocenters. The number of hydrogen-bond donors (Lipinski definition) is 3. The molecule has 1 saturated heterocycles. The van der Waals surface area contributed by atoms with E-state index in [1.54, 1.807) is 44.2 Å². The Balaban J connectivity index is 1.71. The molecule has 1 aliphatic heterocycles. The molecular formula is C20H28N5O7PS. The molecule has 0 radical (unpaired) electrons.